The summed E-state index contributed by atoms with van der Waals surface area (Å²) in [6.07, 6.45) is 6.61. The van der Waals surface area contributed by atoms with E-state index in [0.717, 1.165) is 36.8 Å². The van der Waals surface area contributed by atoms with Crippen molar-refractivity contribution in [3.8, 4) is 0 Å². The molecule has 2 unspecified atom stereocenters. The van der Waals surface area contributed by atoms with Crippen molar-refractivity contribution in [3.63, 3.8) is 0 Å². The summed E-state index contributed by atoms with van der Waals surface area (Å²) in [5.74, 6) is 1.26. The molecule has 0 saturated heterocycles. The van der Waals surface area contributed by atoms with Crippen LogP contribution >= 0.6 is 12.4 Å². The highest BCUT2D eigenvalue weighted by Crippen LogP contribution is 2.41. The fourth-order valence-electron chi connectivity index (χ4n) is 4.39. The molecule has 2 aliphatic carbocycles. The maximum atomic E-state index is 12.5. The Labute approximate surface area is 162 Å². The molecule has 2 saturated carbocycles. The van der Waals surface area contributed by atoms with E-state index in [1.165, 1.54) is 12.7 Å². The van der Waals surface area contributed by atoms with Crippen molar-refractivity contribution in [1.29, 1.82) is 0 Å². The maximum absolute atomic E-state index is 12.5. The quantitative estimate of drug-likeness (QED) is 0.794. The SMILES string of the molecule is CS(=O)(=O)Cc1ccc(CNC(=O)C2CC3CCCC(C2)C3N)cc1.Cl. The van der Waals surface area contributed by atoms with Gasteiger partial charge < -0.3 is 11.1 Å². The van der Waals surface area contributed by atoms with Gasteiger partial charge in [0, 0.05) is 24.8 Å². The molecule has 0 heterocycles. The van der Waals surface area contributed by atoms with Crippen molar-refractivity contribution in [2.75, 3.05) is 6.26 Å². The number of fused-ring (bicyclic) bond motifs is 2. The van der Waals surface area contributed by atoms with Crippen molar-refractivity contribution >= 4 is 28.2 Å². The lowest BCUT2D eigenvalue weighted by atomic mass is 9.65. The standard InChI is InChI=1S/C19H28N2O3S.ClH/c1-25(23,24)12-14-7-5-13(6-8-14)11-21-19(22)17-9-15-3-2-4-16(10-17)18(15)20;/h5-8,15-18H,2-4,9-12,20H2,1H3,(H,21,22);1H. The van der Waals surface area contributed by atoms with Gasteiger partial charge in [0.1, 0.15) is 0 Å². The third kappa shape index (κ3) is 5.44. The van der Waals surface area contributed by atoms with Gasteiger partial charge in [0.25, 0.3) is 0 Å². The fraction of sp³-hybridized carbons (Fsp3) is 0.632. The number of nitrogens with one attached hydrogen (secondary N) is 1. The van der Waals surface area contributed by atoms with E-state index in [0.29, 0.717) is 18.4 Å². The van der Waals surface area contributed by atoms with Gasteiger partial charge >= 0.3 is 0 Å². The second kappa shape index (κ2) is 8.72. The molecule has 0 aromatic heterocycles. The predicted molar refractivity (Wildman–Crippen MR) is 106 cm³/mol. The first-order valence-electron chi connectivity index (χ1n) is 9.10. The maximum Gasteiger partial charge on any atom is 0.223 e. The lowest BCUT2D eigenvalue weighted by Crippen LogP contribution is -2.49. The molecule has 3 N–H and O–H groups in total. The van der Waals surface area contributed by atoms with Crippen molar-refractivity contribution in [2.24, 2.45) is 23.5 Å². The molecule has 7 heteroatoms. The van der Waals surface area contributed by atoms with Gasteiger partial charge in [-0.05, 0) is 48.6 Å². The van der Waals surface area contributed by atoms with Crippen molar-refractivity contribution in [3.05, 3.63) is 35.4 Å². The lowest BCUT2D eigenvalue weighted by molar-refractivity contribution is -0.128. The zero-order valence-corrected chi connectivity index (χ0v) is 16.8. The summed E-state index contributed by atoms with van der Waals surface area (Å²) in [6, 6.07) is 7.66. The second-order valence-electron chi connectivity index (χ2n) is 7.80. The number of hydrogen-bond donors (Lipinski definition) is 2. The highest BCUT2D eigenvalue weighted by molar-refractivity contribution is 7.89. The van der Waals surface area contributed by atoms with E-state index in [2.05, 4.69) is 5.32 Å². The van der Waals surface area contributed by atoms with E-state index in [-0.39, 0.29) is 36.0 Å². The molecule has 2 bridgehead atoms. The first-order valence-corrected chi connectivity index (χ1v) is 11.2. The summed E-state index contributed by atoms with van der Waals surface area (Å²) in [7, 11) is -3.02. The number of rotatable bonds is 5. The van der Waals surface area contributed by atoms with Gasteiger partial charge in [-0.25, -0.2) is 8.42 Å². The van der Waals surface area contributed by atoms with Gasteiger partial charge in [-0.2, -0.15) is 0 Å². The average Bonchev–Trinajstić information content (AvgIpc) is 2.52. The predicted octanol–water partition coefficient (Wildman–Crippen LogP) is 2.42. The third-order valence-corrected chi connectivity index (χ3v) is 6.56. The molecule has 0 aliphatic heterocycles. The van der Waals surface area contributed by atoms with Crippen molar-refractivity contribution in [2.45, 2.75) is 50.4 Å². The second-order valence-corrected chi connectivity index (χ2v) is 9.94. The zero-order chi connectivity index (χ0) is 18.0. The minimum atomic E-state index is -3.02. The Morgan fingerprint density at radius 1 is 1.12 bits per heavy atom. The molecule has 1 aromatic carbocycles. The highest BCUT2D eigenvalue weighted by Gasteiger charge is 2.40. The first-order chi connectivity index (χ1) is 11.8. The van der Waals surface area contributed by atoms with Crippen LogP contribution in [0.3, 0.4) is 0 Å². The fourth-order valence-corrected chi connectivity index (χ4v) is 5.19. The highest BCUT2D eigenvalue weighted by atomic mass is 35.5. The number of hydrogen-bond acceptors (Lipinski definition) is 4. The van der Waals surface area contributed by atoms with Crippen LogP contribution in [0.15, 0.2) is 24.3 Å². The van der Waals surface area contributed by atoms with Crippen LogP contribution in [0, 0.1) is 17.8 Å². The van der Waals surface area contributed by atoms with Crippen LogP contribution in [-0.4, -0.2) is 26.6 Å². The van der Waals surface area contributed by atoms with Crippen molar-refractivity contribution in [1.82, 2.24) is 5.32 Å². The monoisotopic (exact) mass is 400 g/mol. The largest absolute Gasteiger partial charge is 0.352 e. The Balaban J connectivity index is 0.00000243. The van der Waals surface area contributed by atoms with E-state index < -0.39 is 9.84 Å². The Morgan fingerprint density at radius 2 is 1.65 bits per heavy atom. The molecule has 1 aromatic rings. The van der Waals surface area contributed by atoms with Gasteiger partial charge in [0.2, 0.25) is 5.91 Å². The van der Waals surface area contributed by atoms with Crippen LogP contribution in [-0.2, 0) is 26.9 Å². The number of sulfone groups is 1. The Hall–Kier alpha value is -1.11. The Bertz CT molecular complexity index is 707. The summed E-state index contributed by atoms with van der Waals surface area (Å²) in [5.41, 5.74) is 8.05. The third-order valence-electron chi connectivity index (χ3n) is 5.70. The normalized spacial score (nSPS) is 28.1. The van der Waals surface area contributed by atoms with Crippen LogP contribution < -0.4 is 11.1 Å². The van der Waals surface area contributed by atoms with Crippen LogP contribution in [0.25, 0.3) is 0 Å². The summed E-state index contributed by atoms with van der Waals surface area (Å²) in [4.78, 5) is 12.5. The smallest absolute Gasteiger partial charge is 0.223 e. The van der Waals surface area contributed by atoms with E-state index in [9.17, 15) is 13.2 Å². The van der Waals surface area contributed by atoms with Crippen LogP contribution in [0.5, 0.6) is 0 Å². The number of nitrogens with two attached hydrogens (primary N) is 1. The Kier molecular flexibility index (Phi) is 7.11. The molecule has 26 heavy (non-hydrogen) atoms. The molecular weight excluding hydrogens is 372 g/mol. The van der Waals surface area contributed by atoms with Gasteiger partial charge in [-0.3, -0.25) is 4.79 Å². The minimum Gasteiger partial charge on any atom is -0.352 e. The van der Waals surface area contributed by atoms with Gasteiger partial charge in [-0.15, -0.1) is 12.4 Å². The van der Waals surface area contributed by atoms with Crippen molar-refractivity contribution < 1.29 is 13.2 Å². The number of amides is 1. The molecule has 3 rings (SSSR count). The summed E-state index contributed by atoms with van der Waals surface area (Å²) >= 11 is 0. The number of carbonyl (C=O) groups is 1. The lowest BCUT2D eigenvalue weighted by Gasteiger charge is -2.43. The molecule has 1 amide bonds. The van der Waals surface area contributed by atoms with E-state index in [1.807, 2.05) is 24.3 Å². The number of halogens is 1. The first kappa shape index (κ1) is 21.2. The molecule has 2 fully saturated rings. The molecular formula is C19H29ClN2O3S. The Morgan fingerprint density at radius 3 is 2.19 bits per heavy atom. The van der Waals surface area contributed by atoms with Gasteiger partial charge in [0.05, 0.1) is 5.75 Å². The number of benzene rings is 1. The average molecular weight is 401 g/mol. The van der Waals surface area contributed by atoms with Gasteiger partial charge in [-0.1, -0.05) is 30.7 Å². The zero-order valence-electron chi connectivity index (χ0n) is 15.2. The molecule has 2 aliphatic rings. The molecule has 0 radical (unpaired) electrons. The van der Waals surface area contributed by atoms with E-state index in [4.69, 9.17) is 5.73 Å². The molecule has 0 spiro atoms. The minimum absolute atomic E-state index is 0. The molecule has 5 nitrogen and oxygen atoms in total. The number of carbonyl (C=O) groups excluding carboxylic acids is 1. The molecule has 146 valence electrons. The summed E-state index contributed by atoms with van der Waals surface area (Å²) in [6.45, 7) is 0.482. The van der Waals surface area contributed by atoms with Crippen LogP contribution in [0.4, 0.5) is 0 Å². The van der Waals surface area contributed by atoms with E-state index >= 15 is 0 Å². The topological polar surface area (TPSA) is 89.3 Å². The molecule has 2 atom stereocenters. The van der Waals surface area contributed by atoms with E-state index in [1.54, 1.807) is 0 Å². The van der Waals surface area contributed by atoms with Gasteiger partial charge in [0.15, 0.2) is 9.84 Å². The van der Waals surface area contributed by atoms with Crippen LogP contribution in [0.2, 0.25) is 0 Å². The summed E-state index contributed by atoms with van der Waals surface area (Å²) < 4.78 is 22.6. The summed E-state index contributed by atoms with van der Waals surface area (Å²) in [5, 5.41) is 3.04. The van der Waals surface area contributed by atoms with Crippen LogP contribution in [0.1, 0.15) is 43.2 Å².